The van der Waals surface area contributed by atoms with Crippen molar-refractivity contribution in [3.8, 4) is 10.6 Å². The highest BCUT2D eigenvalue weighted by Crippen LogP contribution is 2.31. The number of halogens is 2. The average Bonchev–Trinajstić information content (AvgIpc) is 2.70. The van der Waals surface area contributed by atoms with Gasteiger partial charge >= 0.3 is 0 Å². The van der Waals surface area contributed by atoms with Gasteiger partial charge in [0.25, 0.3) is 0 Å². The summed E-state index contributed by atoms with van der Waals surface area (Å²) in [5, 5.41) is 10.0. The Kier molecular flexibility index (Phi) is 3.93. The molecule has 0 aliphatic heterocycles. The first-order valence-corrected chi connectivity index (χ1v) is 7.31. The van der Waals surface area contributed by atoms with E-state index in [0.29, 0.717) is 0 Å². The zero-order valence-electron chi connectivity index (χ0n) is 8.45. The lowest BCUT2D eigenvalue weighted by atomic mass is 10.2. The molecule has 1 unspecified atom stereocenters. The summed E-state index contributed by atoms with van der Waals surface area (Å²) >= 11 is 7.30. The number of hydrogen-bond donors (Lipinski definition) is 1. The van der Waals surface area contributed by atoms with Gasteiger partial charge in [-0.05, 0) is 47.7 Å². The summed E-state index contributed by atoms with van der Waals surface area (Å²) in [5.41, 5.74) is 6.87. The molecule has 84 valence electrons. The third kappa shape index (κ3) is 2.61. The Hall–Kier alpha value is -0.0500. The molecule has 16 heavy (non-hydrogen) atoms. The summed E-state index contributed by atoms with van der Waals surface area (Å²) in [5.74, 6) is 0. The zero-order chi connectivity index (χ0) is 11.7. The maximum absolute atomic E-state index is 5.77. The average molecular weight is 410 g/mol. The van der Waals surface area contributed by atoms with Crippen LogP contribution in [0.15, 0.2) is 22.7 Å². The van der Waals surface area contributed by atoms with Crippen LogP contribution in [-0.2, 0) is 0 Å². The minimum absolute atomic E-state index is 0.0592. The molecule has 0 spiro atoms. The molecular weight excluding hydrogens is 401 g/mol. The molecule has 2 aromatic rings. The Balaban J connectivity index is 2.46. The lowest BCUT2D eigenvalue weighted by Crippen LogP contribution is -2.03. The van der Waals surface area contributed by atoms with E-state index in [1.807, 2.05) is 25.1 Å². The molecule has 0 bridgehead atoms. The normalized spacial score (nSPS) is 12.8. The van der Waals surface area contributed by atoms with Crippen LogP contribution >= 0.6 is 49.9 Å². The van der Waals surface area contributed by atoms with E-state index in [-0.39, 0.29) is 6.04 Å². The first-order chi connectivity index (χ1) is 7.58. The predicted molar refractivity (Wildman–Crippen MR) is 78.4 cm³/mol. The molecule has 0 aliphatic carbocycles. The van der Waals surface area contributed by atoms with Gasteiger partial charge in [0.15, 0.2) is 0 Å². The van der Waals surface area contributed by atoms with E-state index < -0.39 is 0 Å². The summed E-state index contributed by atoms with van der Waals surface area (Å²) in [6.07, 6.45) is 0. The third-order valence-corrected chi connectivity index (χ3v) is 4.58. The van der Waals surface area contributed by atoms with Crippen LogP contribution in [0.1, 0.15) is 18.0 Å². The molecule has 3 nitrogen and oxygen atoms in total. The van der Waals surface area contributed by atoms with Gasteiger partial charge in [-0.25, -0.2) is 0 Å². The van der Waals surface area contributed by atoms with Gasteiger partial charge in [-0.3, -0.25) is 0 Å². The van der Waals surface area contributed by atoms with E-state index in [1.165, 1.54) is 0 Å². The van der Waals surface area contributed by atoms with Crippen molar-refractivity contribution in [3.05, 3.63) is 31.2 Å². The van der Waals surface area contributed by atoms with Crippen LogP contribution in [0.4, 0.5) is 0 Å². The van der Waals surface area contributed by atoms with Crippen molar-refractivity contribution in [2.24, 2.45) is 5.73 Å². The van der Waals surface area contributed by atoms with Crippen molar-refractivity contribution in [1.29, 1.82) is 0 Å². The predicted octanol–water partition coefficient (Wildman–Crippen LogP) is 3.59. The molecule has 1 aromatic carbocycles. The fourth-order valence-electron chi connectivity index (χ4n) is 1.19. The Bertz CT molecular complexity index is 513. The minimum Gasteiger partial charge on any atom is -0.322 e. The molecule has 1 heterocycles. The van der Waals surface area contributed by atoms with Crippen LogP contribution in [0.3, 0.4) is 0 Å². The molecule has 0 saturated heterocycles. The highest BCUT2D eigenvalue weighted by atomic mass is 127. The second-order valence-corrected chi connectivity index (χ2v) is 6.45. The van der Waals surface area contributed by atoms with Crippen LogP contribution in [0.25, 0.3) is 10.6 Å². The van der Waals surface area contributed by atoms with Crippen molar-refractivity contribution < 1.29 is 0 Å². The summed E-state index contributed by atoms with van der Waals surface area (Å²) in [6, 6.07) is 6.05. The highest BCUT2D eigenvalue weighted by Gasteiger charge is 2.12. The molecule has 0 fully saturated rings. The molecule has 6 heteroatoms. The summed E-state index contributed by atoms with van der Waals surface area (Å²) < 4.78 is 2.20. The number of hydrogen-bond acceptors (Lipinski definition) is 4. The van der Waals surface area contributed by atoms with Crippen LogP contribution in [0.5, 0.6) is 0 Å². The van der Waals surface area contributed by atoms with Gasteiger partial charge in [-0.2, -0.15) is 0 Å². The maximum Gasteiger partial charge on any atom is 0.148 e. The first kappa shape index (κ1) is 12.4. The Morgan fingerprint density at radius 1 is 1.44 bits per heavy atom. The van der Waals surface area contributed by atoms with Gasteiger partial charge in [0.1, 0.15) is 10.0 Å². The van der Waals surface area contributed by atoms with Gasteiger partial charge in [0.05, 0.1) is 6.04 Å². The molecular formula is C10H9BrIN3S. The monoisotopic (exact) mass is 409 g/mol. The third-order valence-electron chi connectivity index (χ3n) is 1.99. The van der Waals surface area contributed by atoms with Crippen molar-refractivity contribution in [2.75, 3.05) is 0 Å². The molecule has 2 rings (SSSR count). The lowest BCUT2D eigenvalue weighted by molar-refractivity contribution is 0.786. The molecule has 2 N–H and O–H groups in total. The van der Waals surface area contributed by atoms with Gasteiger partial charge in [-0.1, -0.05) is 27.3 Å². The van der Waals surface area contributed by atoms with Gasteiger partial charge in [0.2, 0.25) is 0 Å². The fourth-order valence-corrected chi connectivity index (χ4v) is 3.15. The number of rotatable bonds is 2. The SMILES string of the molecule is CC(N)c1nnc(-c2cc(Br)ccc2I)s1. The lowest BCUT2D eigenvalue weighted by Gasteiger charge is -2.00. The topological polar surface area (TPSA) is 51.8 Å². The quantitative estimate of drug-likeness (QED) is 0.771. The van der Waals surface area contributed by atoms with Crippen molar-refractivity contribution >= 4 is 49.9 Å². The maximum atomic E-state index is 5.77. The Morgan fingerprint density at radius 3 is 2.81 bits per heavy atom. The van der Waals surface area contributed by atoms with Crippen LogP contribution in [0.2, 0.25) is 0 Å². The van der Waals surface area contributed by atoms with E-state index in [1.54, 1.807) is 11.3 Å². The number of benzene rings is 1. The largest absolute Gasteiger partial charge is 0.322 e. The van der Waals surface area contributed by atoms with Crippen LogP contribution in [-0.4, -0.2) is 10.2 Å². The van der Waals surface area contributed by atoms with E-state index >= 15 is 0 Å². The molecule has 0 aliphatic rings. The second kappa shape index (κ2) is 5.07. The minimum atomic E-state index is -0.0592. The number of aromatic nitrogens is 2. The molecule has 1 aromatic heterocycles. The summed E-state index contributed by atoms with van der Waals surface area (Å²) in [4.78, 5) is 0. The van der Waals surface area contributed by atoms with Crippen molar-refractivity contribution in [2.45, 2.75) is 13.0 Å². The molecule has 1 atom stereocenters. The molecule has 0 radical (unpaired) electrons. The second-order valence-electron chi connectivity index (χ2n) is 3.36. The van der Waals surface area contributed by atoms with Gasteiger partial charge in [-0.15, -0.1) is 10.2 Å². The van der Waals surface area contributed by atoms with Gasteiger partial charge < -0.3 is 5.73 Å². The van der Waals surface area contributed by atoms with E-state index in [2.05, 4.69) is 48.7 Å². The van der Waals surface area contributed by atoms with Crippen LogP contribution < -0.4 is 5.73 Å². The summed E-state index contributed by atoms with van der Waals surface area (Å²) in [7, 11) is 0. The van der Waals surface area contributed by atoms with E-state index in [4.69, 9.17) is 5.73 Å². The Labute approximate surface area is 120 Å². The highest BCUT2D eigenvalue weighted by molar-refractivity contribution is 14.1. The molecule has 0 amide bonds. The van der Waals surface area contributed by atoms with Crippen LogP contribution in [0, 0.1) is 3.57 Å². The standard InChI is InChI=1S/C10H9BrIN3S/c1-5(13)9-14-15-10(16-9)7-4-6(11)2-3-8(7)12/h2-5H,13H2,1H3. The van der Waals surface area contributed by atoms with Crippen molar-refractivity contribution in [3.63, 3.8) is 0 Å². The smallest absolute Gasteiger partial charge is 0.148 e. The van der Waals surface area contributed by atoms with Crippen molar-refractivity contribution in [1.82, 2.24) is 10.2 Å². The summed E-state index contributed by atoms with van der Waals surface area (Å²) in [6.45, 7) is 1.91. The Morgan fingerprint density at radius 2 is 2.19 bits per heavy atom. The van der Waals surface area contributed by atoms with E-state index in [0.717, 1.165) is 23.6 Å². The van der Waals surface area contributed by atoms with Gasteiger partial charge in [0, 0.05) is 13.6 Å². The fraction of sp³-hybridized carbons (Fsp3) is 0.200. The number of nitrogens with two attached hydrogens (primary N) is 1. The molecule has 0 saturated carbocycles. The van der Waals surface area contributed by atoms with E-state index in [9.17, 15) is 0 Å². The zero-order valence-corrected chi connectivity index (χ0v) is 13.0. The number of nitrogens with zero attached hydrogens (tertiary/aromatic N) is 2. The first-order valence-electron chi connectivity index (χ1n) is 4.62.